The molecule has 0 aliphatic heterocycles. The molecule has 2 heterocycles. The van der Waals surface area contributed by atoms with E-state index in [0.717, 1.165) is 44.2 Å². The molecule has 0 amide bonds. The predicted molar refractivity (Wildman–Crippen MR) is 110 cm³/mol. The highest BCUT2D eigenvalue weighted by atomic mass is 16.3. The summed E-state index contributed by atoms with van der Waals surface area (Å²) in [7, 11) is 0. The largest absolute Gasteiger partial charge is 0.507 e. The van der Waals surface area contributed by atoms with E-state index in [0.29, 0.717) is 0 Å². The van der Waals surface area contributed by atoms with E-state index in [4.69, 9.17) is 4.98 Å². The predicted octanol–water partition coefficient (Wildman–Crippen LogP) is 5.82. The third kappa shape index (κ3) is 2.61. The number of fused-ring (bicyclic) bond motifs is 3. The average molecular weight is 348 g/mol. The molecule has 0 radical (unpaired) electrons. The Morgan fingerprint density at radius 3 is 2.30 bits per heavy atom. The fourth-order valence-corrected chi connectivity index (χ4v) is 3.56. The molecule has 0 fully saturated rings. The van der Waals surface area contributed by atoms with Gasteiger partial charge in [-0.05, 0) is 47.5 Å². The van der Waals surface area contributed by atoms with E-state index in [9.17, 15) is 5.11 Å². The van der Waals surface area contributed by atoms with Gasteiger partial charge in [0.25, 0.3) is 0 Å². The molecule has 128 valence electrons. The van der Waals surface area contributed by atoms with E-state index in [-0.39, 0.29) is 5.75 Å². The van der Waals surface area contributed by atoms with Crippen LogP contribution in [0.1, 0.15) is 0 Å². The number of phenols is 1. The molecule has 0 saturated carbocycles. The van der Waals surface area contributed by atoms with Gasteiger partial charge in [0.2, 0.25) is 0 Å². The third-order valence-corrected chi connectivity index (χ3v) is 4.82. The fourth-order valence-electron chi connectivity index (χ4n) is 3.56. The summed E-state index contributed by atoms with van der Waals surface area (Å²) in [5.74, 6) is 0.228. The Morgan fingerprint density at radius 2 is 1.44 bits per heavy atom. The molecule has 5 rings (SSSR count). The van der Waals surface area contributed by atoms with Gasteiger partial charge >= 0.3 is 0 Å². The summed E-state index contributed by atoms with van der Waals surface area (Å²) in [6, 6.07) is 27.7. The third-order valence-electron chi connectivity index (χ3n) is 4.82. The summed E-state index contributed by atoms with van der Waals surface area (Å²) < 4.78 is 0. The number of hydrogen-bond acceptors (Lipinski definition) is 3. The first-order chi connectivity index (χ1) is 13.3. The van der Waals surface area contributed by atoms with Gasteiger partial charge in [-0.15, -0.1) is 0 Å². The van der Waals surface area contributed by atoms with Crippen LogP contribution in [-0.4, -0.2) is 15.1 Å². The molecule has 3 nitrogen and oxygen atoms in total. The maximum absolute atomic E-state index is 10.3. The quantitative estimate of drug-likeness (QED) is 0.409. The van der Waals surface area contributed by atoms with Crippen LogP contribution in [0.3, 0.4) is 0 Å². The summed E-state index contributed by atoms with van der Waals surface area (Å²) in [6.07, 6.45) is 1.81. The van der Waals surface area contributed by atoms with Crippen LogP contribution in [0, 0.1) is 0 Å². The number of hydrogen-bond donors (Lipinski definition) is 1. The van der Waals surface area contributed by atoms with E-state index in [1.807, 2.05) is 54.6 Å². The molecule has 0 aliphatic carbocycles. The molecule has 1 N–H and O–H groups in total. The zero-order valence-corrected chi connectivity index (χ0v) is 14.5. The first kappa shape index (κ1) is 15.5. The van der Waals surface area contributed by atoms with Crippen molar-refractivity contribution in [2.75, 3.05) is 0 Å². The van der Waals surface area contributed by atoms with E-state index in [1.165, 1.54) is 0 Å². The van der Waals surface area contributed by atoms with Gasteiger partial charge in [0.1, 0.15) is 5.75 Å². The molecule has 0 aliphatic rings. The van der Waals surface area contributed by atoms with Crippen molar-refractivity contribution in [2.45, 2.75) is 0 Å². The van der Waals surface area contributed by atoms with Gasteiger partial charge in [-0.3, -0.25) is 4.98 Å². The highest BCUT2D eigenvalue weighted by molar-refractivity contribution is 6.12. The van der Waals surface area contributed by atoms with Crippen LogP contribution in [0.25, 0.3) is 44.2 Å². The zero-order valence-electron chi connectivity index (χ0n) is 14.5. The highest BCUT2D eigenvalue weighted by Gasteiger charge is 2.14. The van der Waals surface area contributed by atoms with Gasteiger partial charge in [-0.2, -0.15) is 0 Å². The Labute approximate surface area is 156 Å². The summed E-state index contributed by atoms with van der Waals surface area (Å²) in [5.41, 5.74) is 5.50. The topological polar surface area (TPSA) is 46.0 Å². The summed E-state index contributed by atoms with van der Waals surface area (Å²) in [6.45, 7) is 0. The van der Waals surface area contributed by atoms with Crippen LogP contribution in [0.5, 0.6) is 5.75 Å². The minimum atomic E-state index is 0.228. The molecule has 0 saturated heterocycles. The normalized spacial score (nSPS) is 11.1. The van der Waals surface area contributed by atoms with E-state index < -0.39 is 0 Å². The minimum Gasteiger partial charge on any atom is -0.507 e. The minimum absolute atomic E-state index is 0.228. The number of benzene rings is 3. The van der Waals surface area contributed by atoms with Crippen molar-refractivity contribution >= 4 is 21.8 Å². The Morgan fingerprint density at radius 1 is 0.667 bits per heavy atom. The molecular weight excluding hydrogens is 332 g/mol. The van der Waals surface area contributed by atoms with Crippen molar-refractivity contribution in [3.05, 3.63) is 91.1 Å². The number of para-hydroxylation sites is 1. The summed E-state index contributed by atoms with van der Waals surface area (Å²) in [5, 5.41) is 12.5. The van der Waals surface area contributed by atoms with E-state index in [2.05, 4.69) is 29.2 Å². The fraction of sp³-hybridized carbons (Fsp3) is 0. The molecule has 0 unspecified atom stereocenters. The number of aromatic hydroxyl groups is 1. The van der Waals surface area contributed by atoms with Crippen molar-refractivity contribution in [1.82, 2.24) is 9.97 Å². The second-order valence-electron chi connectivity index (χ2n) is 6.47. The molecule has 0 bridgehead atoms. The van der Waals surface area contributed by atoms with Gasteiger partial charge in [0, 0.05) is 22.5 Å². The van der Waals surface area contributed by atoms with Gasteiger partial charge in [-0.1, -0.05) is 48.5 Å². The molecule has 3 heteroatoms. The van der Waals surface area contributed by atoms with Gasteiger partial charge in [0.15, 0.2) is 0 Å². The first-order valence-corrected chi connectivity index (χ1v) is 8.83. The molecule has 0 atom stereocenters. The van der Waals surface area contributed by atoms with Crippen LogP contribution in [-0.2, 0) is 0 Å². The van der Waals surface area contributed by atoms with Crippen molar-refractivity contribution < 1.29 is 5.11 Å². The first-order valence-electron chi connectivity index (χ1n) is 8.83. The Bertz CT molecular complexity index is 1280. The maximum atomic E-state index is 10.3. The smallest absolute Gasteiger partial charge is 0.124 e. The van der Waals surface area contributed by atoms with Crippen LogP contribution in [0.4, 0.5) is 0 Å². The second-order valence-corrected chi connectivity index (χ2v) is 6.47. The average Bonchev–Trinajstić information content (AvgIpc) is 2.74. The van der Waals surface area contributed by atoms with Crippen LogP contribution >= 0.6 is 0 Å². The van der Waals surface area contributed by atoms with Crippen molar-refractivity contribution in [3.63, 3.8) is 0 Å². The van der Waals surface area contributed by atoms with Gasteiger partial charge in [-0.25, -0.2) is 4.98 Å². The summed E-state index contributed by atoms with van der Waals surface area (Å²) >= 11 is 0. The summed E-state index contributed by atoms with van der Waals surface area (Å²) in [4.78, 5) is 9.35. The lowest BCUT2D eigenvalue weighted by Gasteiger charge is -2.13. The molecule has 3 aromatic carbocycles. The van der Waals surface area contributed by atoms with Gasteiger partial charge in [0.05, 0.1) is 16.7 Å². The molecule has 2 aromatic heterocycles. The van der Waals surface area contributed by atoms with E-state index >= 15 is 0 Å². The van der Waals surface area contributed by atoms with Crippen molar-refractivity contribution in [2.24, 2.45) is 0 Å². The number of pyridine rings is 2. The second kappa shape index (κ2) is 6.22. The van der Waals surface area contributed by atoms with Crippen LogP contribution in [0.15, 0.2) is 91.1 Å². The molecule has 0 spiro atoms. The van der Waals surface area contributed by atoms with Crippen molar-refractivity contribution in [1.29, 1.82) is 0 Å². The molecular formula is C24H16N2O. The molecule has 5 aromatic rings. The Balaban J connectivity index is 1.92. The van der Waals surface area contributed by atoms with Crippen molar-refractivity contribution in [3.8, 4) is 28.1 Å². The lowest BCUT2D eigenvalue weighted by molar-refractivity contribution is 0.477. The number of phenolic OH excluding ortho intramolecular Hbond substituents is 1. The van der Waals surface area contributed by atoms with Crippen LogP contribution in [0.2, 0.25) is 0 Å². The SMILES string of the molecule is Oc1ccccc1-c1cc(-c2ccccc2)c2c(ccc3ncccc32)n1. The van der Waals surface area contributed by atoms with Crippen LogP contribution < -0.4 is 0 Å². The highest BCUT2D eigenvalue weighted by Crippen LogP contribution is 2.37. The molecule has 27 heavy (non-hydrogen) atoms. The monoisotopic (exact) mass is 348 g/mol. The zero-order chi connectivity index (χ0) is 18.2. The Kier molecular flexibility index (Phi) is 3.58. The van der Waals surface area contributed by atoms with Gasteiger partial charge < -0.3 is 5.11 Å². The Hall–Kier alpha value is -3.72. The number of nitrogens with zero attached hydrogens (tertiary/aromatic N) is 2. The maximum Gasteiger partial charge on any atom is 0.124 e. The standard InChI is InChI=1S/C24H16N2O/c27-23-11-5-4-9-17(23)22-15-19(16-7-2-1-3-8-16)24-18-10-6-14-25-20(18)12-13-21(24)26-22/h1-15,27H. The lowest BCUT2D eigenvalue weighted by Crippen LogP contribution is -1.92. The van der Waals surface area contributed by atoms with E-state index in [1.54, 1.807) is 12.3 Å². The number of aromatic nitrogens is 2. The lowest BCUT2D eigenvalue weighted by atomic mass is 9.95. The number of rotatable bonds is 2.